The molecule has 0 saturated heterocycles. The number of aromatic nitrogens is 1. The van der Waals surface area contributed by atoms with Gasteiger partial charge < -0.3 is 9.52 Å². The summed E-state index contributed by atoms with van der Waals surface area (Å²) in [6, 6.07) is 7.68. The van der Waals surface area contributed by atoms with Crippen molar-refractivity contribution < 1.29 is 9.52 Å². The Hall–Kier alpha value is -1.35. The maximum absolute atomic E-state index is 10.1. The lowest BCUT2D eigenvalue weighted by atomic mass is 9.94. The maximum Gasteiger partial charge on any atom is 0.198 e. The van der Waals surface area contributed by atoms with Gasteiger partial charge in [-0.2, -0.15) is 0 Å². The molecule has 17 heavy (non-hydrogen) atoms. The average Bonchev–Trinajstić information content (AvgIpc) is 2.72. The van der Waals surface area contributed by atoms with Gasteiger partial charge >= 0.3 is 0 Å². The molecule has 1 heterocycles. The molecule has 2 rings (SSSR count). The van der Waals surface area contributed by atoms with E-state index in [9.17, 15) is 5.11 Å². The van der Waals surface area contributed by atoms with Crippen LogP contribution in [0.4, 0.5) is 0 Å². The van der Waals surface area contributed by atoms with Crippen molar-refractivity contribution in [3.05, 3.63) is 30.2 Å². The first kappa shape index (κ1) is 12.1. The van der Waals surface area contributed by atoms with Gasteiger partial charge in [0.25, 0.3) is 0 Å². The van der Waals surface area contributed by atoms with E-state index < -0.39 is 0 Å². The lowest BCUT2D eigenvalue weighted by Crippen LogP contribution is -2.21. The van der Waals surface area contributed by atoms with E-state index in [4.69, 9.17) is 4.42 Å². The Morgan fingerprint density at radius 2 is 1.94 bits per heavy atom. The van der Waals surface area contributed by atoms with Crippen LogP contribution in [-0.2, 0) is 6.42 Å². The molecule has 0 aliphatic rings. The van der Waals surface area contributed by atoms with Crippen LogP contribution in [0.3, 0.4) is 0 Å². The number of nitrogens with zero attached hydrogens (tertiary/aromatic N) is 1. The van der Waals surface area contributed by atoms with E-state index >= 15 is 0 Å². The molecule has 0 spiro atoms. The van der Waals surface area contributed by atoms with Gasteiger partial charge in [-0.15, -0.1) is 0 Å². The fraction of sp³-hybridized carbons (Fsp3) is 0.500. The van der Waals surface area contributed by atoms with Crippen molar-refractivity contribution >= 4 is 11.1 Å². The first-order valence-electron chi connectivity index (χ1n) is 6.27. The van der Waals surface area contributed by atoms with E-state index in [-0.39, 0.29) is 6.10 Å². The van der Waals surface area contributed by atoms with Crippen LogP contribution in [0.2, 0.25) is 0 Å². The van der Waals surface area contributed by atoms with Gasteiger partial charge in [0.1, 0.15) is 5.52 Å². The zero-order valence-corrected chi connectivity index (χ0v) is 10.4. The number of hydrogen-bond donors (Lipinski definition) is 1. The molecule has 1 unspecified atom stereocenters. The van der Waals surface area contributed by atoms with Crippen LogP contribution >= 0.6 is 0 Å². The fourth-order valence-electron chi connectivity index (χ4n) is 2.19. The van der Waals surface area contributed by atoms with Crippen molar-refractivity contribution in [3.63, 3.8) is 0 Å². The van der Waals surface area contributed by atoms with Crippen LogP contribution in [0.15, 0.2) is 28.7 Å². The normalized spacial score (nSPS) is 13.4. The van der Waals surface area contributed by atoms with E-state index in [0.29, 0.717) is 18.2 Å². The third-order valence-corrected chi connectivity index (χ3v) is 3.31. The van der Waals surface area contributed by atoms with Crippen molar-refractivity contribution in [2.24, 2.45) is 5.92 Å². The van der Waals surface area contributed by atoms with Gasteiger partial charge in [0, 0.05) is 0 Å². The largest absolute Gasteiger partial charge is 0.441 e. The number of oxazole rings is 1. The maximum atomic E-state index is 10.1. The van der Waals surface area contributed by atoms with E-state index in [0.717, 1.165) is 23.9 Å². The Morgan fingerprint density at radius 1 is 1.24 bits per heavy atom. The van der Waals surface area contributed by atoms with Crippen molar-refractivity contribution in [1.82, 2.24) is 4.98 Å². The molecule has 1 N–H and O–H groups in total. The molecule has 0 radical (unpaired) electrons. The molecular weight excluding hydrogens is 214 g/mol. The summed E-state index contributed by atoms with van der Waals surface area (Å²) in [7, 11) is 0. The van der Waals surface area contributed by atoms with E-state index in [1.54, 1.807) is 0 Å². The summed E-state index contributed by atoms with van der Waals surface area (Å²) in [5.74, 6) is 0.954. The van der Waals surface area contributed by atoms with Gasteiger partial charge in [-0.1, -0.05) is 38.8 Å². The van der Waals surface area contributed by atoms with Gasteiger partial charge in [0.15, 0.2) is 11.5 Å². The predicted molar refractivity (Wildman–Crippen MR) is 67.8 cm³/mol. The van der Waals surface area contributed by atoms with Crippen LogP contribution in [0.25, 0.3) is 11.1 Å². The van der Waals surface area contributed by atoms with Crippen LogP contribution in [0.5, 0.6) is 0 Å². The van der Waals surface area contributed by atoms with Gasteiger partial charge in [0.2, 0.25) is 0 Å². The Balaban J connectivity index is 2.12. The molecule has 0 saturated carbocycles. The molecule has 1 aromatic heterocycles. The second-order valence-electron chi connectivity index (χ2n) is 4.42. The molecule has 92 valence electrons. The van der Waals surface area contributed by atoms with Crippen LogP contribution in [0, 0.1) is 5.92 Å². The van der Waals surface area contributed by atoms with Gasteiger partial charge in [-0.3, -0.25) is 0 Å². The molecule has 1 atom stereocenters. The van der Waals surface area contributed by atoms with Crippen molar-refractivity contribution in [2.45, 2.75) is 39.2 Å². The van der Waals surface area contributed by atoms with Gasteiger partial charge in [0.05, 0.1) is 12.5 Å². The number of hydrogen-bond acceptors (Lipinski definition) is 3. The summed E-state index contributed by atoms with van der Waals surface area (Å²) in [5.41, 5.74) is 1.65. The zero-order valence-electron chi connectivity index (χ0n) is 10.4. The number of fused-ring (bicyclic) bond motifs is 1. The first-order chi connectivity index (χ1) is 8.24. The molecule has 0 amide bonds. The molecule has 0 fully saturated rings. The first-order valence-corrected chi connectivity index (χ1v) is 6.27. The van der Waals surface area contributed by atoms with Gasteiger partial charge in [-0.05, 0) is 18.1 Å². The van der Waals surface area contributed by atoms with Crippen LogP contribution in [0.1, 0.15) is 32.6 Å². The second-order valence-corrected chi connectivity index (χ2v) is 4.42. The minimum absolute atomic E-state index is 0.324. The van der Waals surface area contributed by atoms with E-state index in [1.807, 2.05) is 24.3 Å². The molecule has 0 aliphatic heterocycles. The highest BCUT2D eigenvalue weighted by molar-refractivity contribution is 5.72. The van der Waals surface area contributed by atoms with Crippen LogP contribution in [-0.4, -0.2) is 16.2 Å². The summed E-state index contributed by atoms with van der Waals surface area (Å²) < 4.78 is 5.61. The Kier molecular flexibility index (Phi) is 3.79. The highest BCUT2D eigenvalue weighted by Gasteiger charge is 2.18. The number of aliphatic hydroxyl groups is 1. The summed E-state index contributed by atoms with van der Waals surface area (Å²) in [6.45, 7) is 4.20. The molecule has 1 aromatic carbocycles. The summed E-state index contributed by atoms with van der Waals surface area (Å²) >= 11 is 0. The van der Waals surface area contributed by atoms with Crippen molar-refractivity contribution in [2.75, 3.05) is 0 Å². The average molecular weight is 233 g/mol. The van der Waals surface area contributed by atoms with Gasteiger partial charge in [-0.25, -0.2) is 4.98 Å². The zero-order chi connectivity index (χ0) is 12.3. The summed E-state index contributed by atoms with van der Waals surface area (Å²) in [4.78, 5) is 4.38. The molecule has 0 aliphatic carbocycles. The van der Waals surface area contributed by atoms with Crippen LogP contribution < -0.4 is 0 Å². The Bertz CT molecular complexity index is 441. The highest BCUT2D eigenvalue weighted by Crippen LogP contribution is 2.20. The Labute approximate surface area is 101 Å². The highest BCUT2D eigenvalue weighted by atomic mass is 16.4. The minimum Gasteiger partial charge on any atom is -0.441 e. The monoisotopic (exact) mass is 233 g/mol. The summed E-state index contributed by atoms with van der Waals surface area (Å²) in [5, 5.41) is 10.1. The third-order valence-electron chi connectivity index (χ3n) is 3.31. The number of aliphatic hydroxyl groups excluding tert-OH is 1. The molecule has 3 nitrogen and oxygen atoms in total. The lowest BCUT2D eigenvalue weighted by Gasteiger charge is -2.18. The fourth-order valence-corrected chi connectivity index (χ4v) is 2.19. The number of para-hydroxylation sites is 2. The van der Waals surface area contributed by atoms with Crippen molar-refractivity contribution in [1.29, 1.82) is 0 Å². The molecular formula is C14H19NO2. The lowest BCUT2D eigenvalue weighted by molar-refractivity contribution is 0.0967. The topological polar surface area (TPSA) is 46.3 Å². The SMILES string of the molecule is CCC(CC)C(O)Cc1nc2ccccc2o1. The smallest absolute Gasteiger partial charge is 0.198 e. The standard InChI is InChI=1S/C14H19NO2/c1-3-10(4-2)12(16)9-14-15-11-7-5-6-8-13(11)17-14/h5-8,10,12,16H,3-4,9H2,1-2H3. The predicted octanol–water partition coefficient (Wildman–Crippen LogP) is 3.17. The van der Waals surface area contributed by atoms with Crippen molar-refractivity contribution in [3.8, 4) is 0 Å². The second kappa shape index (κ2) is 5.32. The third kappa shape index (κ3) is 2.67. The minimum atomic E-state index is -0.363. The summed E-state index contributed by atoms with van der Waals surface area (Å²) in [6.07, 6.45) is 2.11. The van der Waals surface area contributed by atoms with E-state index in [2.05, 4.69) is 18.8 Å². The Morgan fingerprint density at radius 3 is 2.59 bits per heavy atom. The number of benzene rings is 1. The van der Waals surface area contributed by atoms with E-state index in [1.165, 1.54) is 0 Å². The molecule has 3 heteroatoms. The number of rotatable bonds is 5. The molecule has 2 aromatic rings. The molecule has 0 bridgehead atoms. The quantitative estimate of drug-likeness (QED) is 0.862.